The average Bonchev–Trinajstić information content (AvgIpc) is 3.06. The molecule has 0 aliphatic carbocycles. The Bertz CT molecular complexity index is 906. The third-order valence-electron chi connectivity index (χ3n) is 5.71. The molecule has 0 bridgehead atoms. The van der Waals surface area contributed by atoms with Crippen molar-refractivity contribution in [3.63, 3.8) is 0 Å². The summed E-state index contributed by atoms with van der Waals surface area (Å²) >= 11 is 0. The number of amides is 1. The summed E-state index contributed by atoms with van der Waals surface area (Å²) in [4.78, 5) is 21.5. The summed E-state index contributed by atoms with van der Waals surface area (Å²) < 4.78 is 13.3. The summed E-state index contributed by atoms with van der Waals surface area (Å²) in [6.07, 6.45) is 2.73. The molecule has 2 aromatic rings. The number of hydrogen-bond acceptors (Lipinski definition) is 5. The lowest BCUT2D eigenvalue weighted by Crippen LogP contribution is -2.44. The zero-order valence-electron chi connectivity index (χ0n) is 17.3. The van der Waals surface area contributed by atoms with Gasteiger partial charge in [-0.15, -0.1) is 0 Å². The van der Waals surface area contributed by atoms with Crippen LogP contribution in [0.4, 0.5) is 21.5 Å². The van der Waals surface area contributed by atoms with Crippen molar-refractivity contribution < 1.29 is 9.18 Å². The predicted molar refractivity (Wildman–Crippen MR) is 119 cm³/mol. The van der Waals surface area contributed by atoms with Crippen LogP contribution in [-0.4, -0.2) is 68.2 Å². The minimum atomic E-state index is -0.493. The van der Waals surface area contributed by atoms with Crippen molar-refractivity contribution in [2.45, 2.75) is 12.3 Å². The van der Waals surface area contributed by atoms with Gasteiger partial charge in [-0.1, -0.05) is 6.07 Å². The second-order valence-electron chi connectivity index (χ2n) is 7.95. The summed E-state index contributed by atoms with van der Waals surface area (Å²) in [5.41, 5.74) is 3.12. The predicted octanol–water partition coefficient (Wildman–Crippen LogP) is 3.31. The van der Waals surface area contributed by atoms with Crippen LogP contribution in [0.15, 0.2) is 47.5 Å². The first-order chi connectivity index (χ1) is 14.6. The quantitative estimate of drug-likeness (QED) is 0.544. The maximum absolute atomic E-state index is 13.3. The lowest BCUT2D eigenvalue weighted by molar-refractivity contribution is -0.115. The van der Waals surface area contributed by atoms with E-state index in [9.17, 15) is 9.18 Å². The smallest absolute Gasteiger partial charge is 0.237 e. The van der Waals surface area contributed by atoms with Gasteiger partial charge in [-0.3, -0.25) is 9.79 Å². The molecule has 158 valence electrons. The van der Waals surface area contributed by atoms with Crippen molar-refractivity contribution in [3.05, 3.63) is 53.8 Å². The Kier molecular flexibility index (Phi) is 6.40. The molecule has 2 aliphatic rings. The number of carbonyl (C=O) groups excluding carboxylic acids is 1. The average molecular weight is 410 g/mol. The first-order valence-electron chi connectivity index (χ1n) is 10.5. The number of nitrogens with one attached hydrogen (secondary N) is 2. The van der Waals surface area contributed by atoms with E-state index in [0.29, 0.717) is 5.69 Å². The van der Waals surface area contributed by atoms with E-state index < -0.39 is 5.92 Å². The van der Waals surface area contributed by atoms with Gasteiger partial charge in [0.05, 0.1) is 5.69 Å². The van der Waals surface area contributed by atoms with Crippen molar-refractivity contribution >= 4 is 29.2 Å². The fourth-order valence-electron chi connectivity index (χ4n) is 3.84. The highest BCUT2D eigenvalue weighted by Gasteiger charge is 2.29. The number of halogens is 1. The third-order valence-corrected chi connectivity index (χ3v) is 5.71. The van der Waals surface area contributed by atoms with Crippen molar-refractivity contribution in [2.24, 2.45) is 4.99 Å². The molecule has 1 amide bonds. The van der Waals surface area contributed by atoms with Crippen molar-refractivity contribution in [1.82, 2.24) is 9.80 Å². The Hall–Kier alpha value is -2.77. The normalized spacial score (nSPS) is 19.8. The van der Waals surface area contributed by atoms with Gasteiger partial charge in [0, 0.05) is 50.3 Å². The van der Waals surface area contributed by atoms with Gasteiger partial charge in [0.1, 0.15) is 11.7 Å². The van der Waals surface area contributed by atoms with Gasteiger partial charge in [0.15, 0.2) is 0 Å². The van der Waals surface area contributed by atoms with Crippen molar-refractivity contribution in [2.75, 3.05) is 56.9 Å². The third kappa shape index (κ3) is 5.04. The van der Waals surface area contributed by atoms with E-state index in [1.54, 1.807) is 12.3 Å². The Morgan fingerprint density at radius 2 is 1.93 bits per heavy atom. The van der Waals surface area contributed by atoms with Crippen LogP contribution in [0.2, 0.25) is 0 Å². The van der Waals surface area contributed by atoms with Gasteiger partial charge in [0.2, 0.25) is 5.91 Å². The summed E-state index contributed by atoms with van der Waals surface area (Å²) in [7, 11) is 2.18. The van der Waals surface area contributed by atoms with Gasteiger partial charge < -0.3 is 20.4 Å². The summed E-state index contributed by atoms with van der Waals surface area (Å²) in [5.74, 6) is -1.04. The van der Waals surface area contributed by atoms with E-state index in [4.69, 9.17) is 0 Å². The Labute approximate surface area is 176 Å². The lowest BCUT2D eigenvalue weighted by atomic mass is 10.0. The van der Waals surface area contributed by atoms with Crippen LogP contribution >= 0.6 is 0 Å². The van der Waals surface area contributed by atoms with Gasteiger partial charge in [-0.2, -0.15) is 0 Å². The van der Waals surface area contributed by atoms with Crippen LogP contribution < -0.4 is 10.6 Å². The van der Waals surface area contributed by atoms with Crippen molar-refractivity contribution in [3.8, 4) is 0 Å². The highest BCUT2D eigenvalue weighted by molar-refractivity contribution is 6.12. The molecule has 1 unspecified atom stereocenters. The molecule has 1 saturated heterocycles. The molecule has 2 aromatic carbocycles. The van der Waals surface area contributed by atoms with Crippen LogP contribution in [0.3, 0.4) is 0 Å². The number of nitrogens with zero attached hydrogens (tertiary/aromatic N) is 3. The molecular formula is C23H28FN5O. The monoisotopic (exact) mass is 409 g/mol. The number of carbonyl (C=O) groups is 1. The van der Waals surface area contributed by atoms with Crippen LogP contribution in [0.25, 0.3) is 0 Å². The lowest BCUT2D eigenvalue weighted by Gasteiger charge is -2.32. The molecule has 6 nitrogen and oxygen atoms in total. The minimum Gasteiger partial charge on any atom is -0.385 e. The summed E-state index contributed by atoms with van der Waals surface area (Å²) in [5, 5.41) is 6.16. The van der Waals surface area contributed by atoms with Crippen LogP contribution in [0, 0.1) is 5.82 Å². The number of rotatable bonds is 7. The maximum Gasteiger partial charge on any atom is 0.237 e. The molecule has 0 saturated carbocycles. The van der Waals surface area contributed by atoms with E-state index in [1.165, 1.54) is 12.1 Å². The Balaban J connectivity index is 1.25. The van der Waals surface area contributed by atoms with Crippen LogP contribution in [0.1, 0.15) is 17.9 Å². The molecule has 2 aliphatic heterocycles. The van der Waals surface area contributed by atoms with Gasteiger partial charge >= 0.3 is 0 Å². The van der Waals surface area contributed by atoms with Gasteiger partial charge in [-0.25, -0.2) is 4.39 Å². The minimum absolute atomic E-state index is 0.182. The first kappa shape index (κ1) is 20.5. The molecule has 2 heterocycles. The van der Waals surface area contributed by atoms with Crippen LogP contribution in [0.5, 0.6) is 0 Å². The second-order valence-corrected chi connectivity index (χ2v) is 7.95. The second kappa shape index (κ2) is 9.36. The Morgan fingerprint density at radius 1 is 1.17 bits per heavy atom. The van der Waals surface area contributed by atoms with E-state index in [0.717, 1.165) is 62.6 Å². The van der Waals surface area contributed by atoms with Crippen molar-refractivity contribution in [1.29, 1.82) is 0 Å². The fourth-order valence-corrected chi connectivity index (χ4v) is 3.84. The summed E-state index contributed by atoms with van der Waals surface area (Å²) in [6.45, 7) is 6.67. The highest BCUT2D eigenvalue weighted by Crippen LogP contribution is 2.32. The molecule has 0 aromatic heterocycles. The zero-order valence-corrected chi connectivity index (χ0v) is 17.3. The number of benzene rings is 2. The summed E-state index contributed by atoms with van der Waals surface area (Å²) in [6, 6.07) is 12.2. The molecule has 1 fully saturated rings. The first-order valence-corrected chi connectivity index (χ1v) is 10.5. The highest BCUT2D eigenvalue weighted by atomic mass is 19.1. The number of hydrogen-bond donors (Lipinski definition) is 2. The van der Waals surface area contributed by atoms with Crippen LogP contribution in [-0.2, 0) is 4.79 Å². The number of likely N-dealkylation sites (N-methyl/N-ethyl adjacent to an activating group) is 1. The van der Waals surface area contributed by atoms with E-state index >= 15 is 0 Å². The van der Waals surface area contributed by atoms with Gasteiger partial charge in [0.25, 0.3) is 0 Å². The van der Waals surface area contributed by atoms with E-state index in [-0.39, 0.29) is 11.7 Å². The molecule has 2 N–H and O–H groups in total. The molecule has 7 heteroatoms. The number of aliphatic imine (C=N–C) groups is 1. The fraction of sp³-hybridized carbons (Fsp3) is 0.391. The molecule has 0 radical (unpaired) electrons. The molecule has 4 rings (SSSR count). The maximum atomic E-state index is 13.3. The number of piperazine rings is 1. The van der Waals surface area contributed by atoms with Gasteiger partial charge in [-0.05, 0) is 62.0 Å². The zero-order chi connectivity index (χ0) is 20.9. The molecular weight excluding hydrogens is 381 g/mol. The standard InChI is InChI=1S/C23H28FN5O/c1-28-11-13-29(14-12-28)10-2-9-25-18-4-6-19(7-5-18)26-16-21-20-8-3-17(24)15-22(20)27-23(21)30/h3-8,15-16,21,25H,2,9-14H2,1H3,(H,27,30). The number of fused-ring (bicyclic) bond motifs is 1. The molecule has 30 heavy (non-hydrogen) atoms. The van der Waals surface area contributed by atoms with E-state index in [2.05, 4.69) is 32.5 Å². The molecule has 0 spiro atoms. The number of anilines is 2. The molecule has 1 atom stereocenters. The Morgan fingerprint density at radius 3 is 2.70 bits per heavy atom. The largest absolute Gasteiger partial charge is 0.385 e. The topological polar surface area (TPSA) is 60.0 Å². The van der Waals surface area contributed by atoms with E-state index in [1.807, 2.05) is 24.3 Å². The SMILES string of the molecule is CN1CCN(CCCNc2ccc(N=CC3C(=O)Nc4cc(F)ccc43)cc2)CC1.